The number of aliphatic hydroxyl groups excluding tert-OH is 1. The van der Waals surface area contributed by atoms with Crippen molar-refractivity contribution in [3.63, 3.8) is 0 Å². The molecule has 96 valence electrons. The molecule has 0 aromatic rings. The number of carbonyl (C=O) groups is 1. The molecule has 0 fully saturated rings. The maximum Gasteiger partial charge on any atom is 0.317 e. The summed E-state index contributed by atoms with van der Waals surface area (Å²) in [5, 5.41) is 12.2. The molecule has 0 aliphatic rings. The largest absolute Gasteiger partial charge is 0.393 e. The van der Waals surface area contributed by atoms with Gasteiger partial charge in [0.15, 0.2) is 0 Å². The number of hydrogen-bond donors (Lipinski definition) is 2. The lowest BCUT2D eigenvalue weighted by Crippen LogP contribution is -2.44. The molecule has 4 nitrogen and oxygen atoms in total. The van der Waals surface area contributed by atoms with Crippen LogP contribution in [0.25, 0.3) is 0 Å². The van der Waals surface area contributed by atoms with Crippen molar-refractivity contribution < 1.29 is 9.90 Å². The van der Waals surface area contributed by atoms with Crippen molar-refractivity contribution in [2.75, 3.05) is 13.6 Å². The standard InChI is InChI=1S/C12H26N2O2/c1-9(2)14(6)11(16)13-8-12(4,5)7-10(3)15/h9-10,15H,7-8H2,1-6H3,(H,13,16). The molecule has 0 aromatic heterocycles. The molecule has 0 saturated carbocycles. The van der Waals surface area contributed by atoms with Crippen molar-refractivity contribution in [2.45, 2.75) is 53.2 Å². The lowest BCUT2D eigenvalue weighted by Gasteiger charge is -2.29. The molecule has 0 rings (SSSR count). The van der Waals surface area contributed by atoms with Gasteiger partial charge in [0.2, 0.25) is 0 Å². The summed E-state index contributed by atoms with van der Waals surface area (Å²) < 4.78 is 0. The van der Waals surface area contributed by atoms with E-state index >= 15 is 0 Å². The van der Waals surface area contributed by atoms with Crippen LogP contribution in [0, 0.1) is 5.41 Å². The molecule has 0 saturated heterocycles. The molecule has 2 N–H and O–H groups in total. The summed E-state index contributed by atoms with van der Waals surface area (Å²) in [6.07, 6.45) is 0.341. The van der Waals surface area contributed by atoms with Crippen molar-refractivity contribution in [1.29, 1.82) is 0 Å². The smallest absolute Gasteiger partial charge is 0.317 e. The van der Waals surface area contributed by atoms with Crippen LogP contribution in [0.1, 0.15) is 41.0 Å². The summed E-state index contributed by atoms with van der Waals surface area (Å²) in [6.45, 7) is 10.4. The second-order valence-corrected chi connectivity index (χ2v) is 5.58. The number of nitrogens with one attached hydrogen (secondary N) is 1. The fraction of sp³-hybridized carbons (Fsp3) is 0.917. The first-order valence-electron chi connectivity index (χ1n) is 5.84. The molecule has 0 radical (unpaired) electrons. The Morgan fingerprint density at radius 1 is 1.38 bits per heavy atom. The van der Waals surface area contributed by atoms with Gasteiger partial charge < -0.3 is 15.3 Å². The van der Waals surface area contributed by atoms with Crippen LogP contribution in [0.15, 0.2) is 0 Å². The number of amides is 2. The summed E-state index contributed by atoms with van der Waals surface area (Å²) in [4.78, 5) is 13.3. The fourth-order valence-electron chi connectivity index (χ4n) is 1.55. The predicted molar refractivity (Wildman–Crippen MR) is 66.4 cm³/mol. The maximum absolute atomic E-state index is 11.7. The molecule has 0 heterocycles. The van der Waals surface area contributed by atoms with Gasteiger partial charge >= 0.3 is 6.03 Å². The van der Waals surface area contributed by atoms with Crippen molar-refractivity contribution in [3.8, 4) is 0 Å². The van der Waals surface area contributed by atoms with Gasteiger partial charge in [-0.3, -0.25) is 0 Å². The lowest BCUT2D eigenvalue weighted by atomic mass is 9.87. The van der Waals surface area contributed by atoms with Crippen molar-refractivity contribution in [3.05, 3.63) is 0 Å². The van der Waals surface area contributed by atoms with E-state index in [0.29, 0.717) is 13.0 Å². The minimum atomic E-state index is -0.338. The normalized spacial score (nSPS) is 13.8. The highest BCUT2D eigenvalue weighted by molar-refractivity contribution is 5.74. The highest BCUT2D eigenvalue weighted by atomic mass is 16.3. The van der Waals surface area contributed by atoms with Gasteiger partial charge in [-0.25, -0.2) is 4.79 Å². The van der Waals surface area contributed by atoms with Gasteiger partial charge in [-0.15, -0.1) is 0 Å². The third-order valence-corrected chi connectivity index (χ3v) is 2.66. The van der Waals surface area contributed by atoms with E-state index in [0.717, 1.165) is 0 Å². The molecule has 0 aliphatic carbocycles. The van der Waals surface area contributed by atoms with Crippen LogP contribution in [0.4, 0.5) is 4.79 Å². The topological polar surface area (TPSA) is 52.6 Å². The highest BCUT2D eigenvalue weighted by Crippen LogP contribution is 2.21. The van der Waals surface area contributed by atoms with E-state index in [1.165, 1.54) is 0 Å². The molecule has 1 unspecified atom stereocenters. The SMILES string of the molecule is CC(O)CC(C)(C)CNC(=O)N(C)C(C)C. The van der Waals surface area contributed by atoms with Gasteiger partial charge in [0, 0.05) is 19.6 Å². The van der Waals surface area contributed by atoms with Crippen LogP contribution in [-0.2, 0) is 0 Å². The van der Waals surface area contributed by atoms with Crippen LogP contribution in [-0.4, -0.2) is 41.8 Å². The molecule has 16 heavy (non-hydrogen) atoms. The number of nitrogens with zero attached hydrogens (tertiary/aromatic N) is 1. The molecule has 4 heteroatoms. The van der Waals surface area contributed by atoms with Crippen LogP contribution < -0.4 is 5.32 Å². The number of hydrogen-bond acceptors (Lipinski definition) is 2. The van der Waals surface area contributed by atoms with Gasteiger partial charge in [-0.1, -0.05) is 13.8 Å². The molecule has 0 aliphatic heterocycles. The third-order valence-electron chi connectivity index (χ3n) is 2.66. The minimum Gasteiger partial charge on any atom is -0.393 e. The molecule has 0 spiro atoms. The predicted octanol–water partition coefficient (Wildman–Crippen LogP) is 1.83. The second kappa shape index (κ2) is 6.09. The van der Waals surface area contributed by atoms with E-state index in [4.69, 9.17) is 0 Å². The van der Waals surface area contributed by atoms with Crippen LogP contribution in [0.5, 0.6) is 0 Å². The first kappa shape index (κ1) is 15.2. The van der Waals surface area contributed by atoms with Gasteiger partial charge in [0.05, 0.1) is 6.10 Å². The second-order valence-electron chi connectivity index (χ2n) is 5.58. The summed E-state index contributed by atoms with van der Waals surface area (Å²) in [5.41, 5.74) is -0.0817. The zero-order valence-electron chi connectivity index (χ0n) is 11.4. The van der Waals surface area contributed by atoms with Crippen LogP contribution >= 0.6 is 0 Å². The van der Waals surface area contributed by atoms with E-state index in [2.05, 4.69) is 5.32 Å². The van der Waals surface area contributed by atoms with E-state index in [1.807, 2.05) is 27.7 Å². The lowest BCUT2D eigenvalue weighted by molar-refractivity contribution is 0.126. The molecule has 2 amide bonds. The Morgan fingerprint density at radius 2 is 1.88 bits per heavy atom. The zero-order valence-corrected chi connectivity index (χ0v) is 11.4. The number of rotatable bonds is 5. The molecule has 1 atom stereocenters. The van der Waals surface area contributed by atoms with Crippen LogP contribution in [0.2, 0.25) is 0 Å². The van der Waals surface area contributed by atoms with E-state index in [-0.39, 0.29) is 23.6 Å². The van der Waals surface area contributed by atoms with Crippen LogP contribution in [0.3, 0.4) is 0 Å². The van der Waals surface area contributed by atoms with Gasteiger partial charge in [0.1, 0.15) is 0 Å². The van der Waals surface area contributed by atoms with Crippen molar-refractivity contribution in [1.82, 2.24) is 10.2 Å². The molecular weight excluding hydrogens is 204 g/mol. The minimum absolute atomic E-state index is 0.0614. The summed E-state index contributed by atoms with van der Waals surface area (Å²) >= 11 is 0. The zero-order chi connectivity index (χ0) is 12.9. The van der Waals surface area contributed by atoms with Gasteiger partial charge in [0.25, 0.3) is 0 Å². The first-order valence-corrected chi connectivity index (χ1v) is 5.84. The number of carbonyl (C=O) groups excluding carboxylic acids is 1. The average Bonchev–Trinajstić information content (AvgIpc) is 2.10. The fourth-order valence-corrected chi connectivity index (χ4v) is 1.55. The Morgan fingerprint density at radius 3 is 2.25 bits per heavy atom. The quantitative estimate of drug-likeness (QED) is 0.757. The van der Waals surface area contributed by atoms with Crippen molar-refractivity contribution >= 4 is 6.03 Å². The molecular formula is C12H26N2O2. The summed E-state index contributed by atoms with van der Waals surface area (Å²) in [5.74, 6) is 0. The van der Waals surface area contributed by atoms with E-state index in [1.54, 1.807) is 18.9 Å². The highest BCUT2D eigenvalue weighted by Gasteiger charge is 2.22. The Balaban J connectivity index is 4.09. The Hall–Kier alpha value is -0.770. The van der Waals surface area contributed by atoms with E-state index < -0.39 is 0 Å². The first-order chi connectivity index (χ1) is 7.15. The molecule has 0 aromatic carbocycles. The van der Waals surface area contributed by atoms with E-state index in [9.17, 15) is 9.90 Å². The number of aliphatic hydroxyl groups is 1. The Kier molecular flexibility index (Phi) is 5.79. The number of urea groups is 1. The van der Waals surface area contributed by atoms with Crippen molar-refractivity contribution in [2.24, 2.45) is 5.41 Å². The summed E-state index contributed by atoms with van der Waals surface area (Å²) in [7, 11) is 1.78. The monoisotopic (exact) mass is 230 g/mol. The average molecular weight is 230 g/mol. The van der Waals surface area contributed by atoms with Gasteiger partial charge in [-0.2, -0.15) is 0 Å². The maximum atomic E-state index is 11.7. The molecule has 0 bridgehead atoms. The summed E-state index contributed by atoms with van der Waals surface area (Å²) in [6, 6.07) is 0.133. The third kappa shape index (κ3) is 5.95. The Labute approximate surface area is 99.0 Å². The van der Waals surface area contributed by atoms with Gasteiger partial charge in [-0.05, 0) is 32.6 Å². The Bertz CT molecular complexity index is 225.